The zero-order valence-electron chi connectivity index (χ0n) is 16.6. The van der Waals surface area contributed by atoms with Crippen LogP contribution in [0.4, 0.5) is 5.69 Å². The fourth-order valence-electron chi connectivity index (χ4n) is 2.64. The first-order valence-corrected chi connectivity index (χ1v) is 10.1. The van der Waals surface area contributed by atoms with Crippen molar-refractivity contribution < 1.29 is 4.79 Å². The van der Waals surface area contributed by atoms with Crippen LogP contribution in [-0.2, 0) is 0 Å². The molecule has 144 valence electrons. The second kappa shape index (κ2) is 12.4. The first-order chi connectivity index (χ1) is 12.5. The zero-order chi connectivity index (χ0) is 19.4. The molecule has 0 spiro atoms. The highest BCUT2D eigenvalue weighted by Gasteiger charge is 2.07. The maximum atomic E-state index is 10.7. The molecule has 0 aliphatic rings. The number of nitrogens with zero attached hydrogens (tertiary/aromatic N) is 2. The van der Waals surface area contributed by atoms with Crippen LogP contribution in [0.1, 0.15) is 63.0 Å². The highest BCUT2D eigenvalue weighted by atomic mass is 32.1. The number of hydrogen-bond donors (Lipinski definition) is 2. The summed E-state index contributed by atoms with van der Waals surface area (Å²) < 4.78 is 0. The van der Waals surface area contributed by atoms with E-state index < -0.39 is 0 Å². The van der Waals surface area contributed by atoms with Crippen molar-refractivity contribution >= 4 is 39.9 Å². The molecule has 0 atom stereocenters. The molecule has 2 heterocycles. The monoisotopic (exact) mass is 376 g/mol. The fraction of sp³-hybridized carbons (Fsp3) is 0.550. The van der Waals surface area contributed by atoms with Gasteiger partial charge in [0.25, 0.3) is 0 Å². The molecule has 26 heavy (non-hydrogen) atoms. The summed E-state index contributed by atoms with van der Waals surface area (Å²) in [4.78, 5) is 20.4. The molecule has 0 aliphatic heterocycles. The van der Waals surface area contributed by atoms with Crippen molar-refractivity contribution in [2.45, 2.75) is 65.5 Å². The Morgan fingerprint density at radius 3 is 2.50 bits per heavy atom. The molecule has 0 aliphatic carbocycles. The van der Waals surface area contributed by atoms with Crippen LogP contribution in [-0.4, -0.2) is 36.7 Å². The summed E-state index contributed by atoms with van der Waals surface area (Å²) in [6.07, 6.45) is 9.42. The Labute approximate surface area is 161 Å². The van der Waals surface area contributed by atoms with Crippen molar-refractivity contribution in [3.05, 3.63) is 23.2 Å². The van der Waals surface area contributed by atoms with Crippen LogP contribution in [0, 0.1) is 0 Å². The van der Waals surface area contributed by atoms with E-state index in [1.807, 2.05) is 12.1 Å². The number of aldehydes is 1. The number of pyridine rings is 1. The average molecular weight is 377 g/mol. The molecule has 0 bridgehead atoms. The van der Waals surface area contributed by atoms with E-state index in [0.29, 0.717) is 12.1 Å². The van der Waals surface area contributed by atoms with Gasteiger partial charge in [-0.05, 0) is 38.8 Å². The highest BCUT2D eigenvalue weighted by Crippen LogP contribution is 2.28. The summed E-state index contributed by atoms with van der Waals surface area (Å²) in [6.45, 7) is 8.60. The molecule has 2 N–H and O–H groups in total. The fourth-order valence-corrected chi connectivity index (χ4v) is 3.48. The minimum absolute atomic E-state index is 0.371. The molecule has 5 nitrogen and oxygen atoms in total. The summed E-state index contributed by atoms with van der Waals surface area (Å²) in [5, 5.41) is 7.64. The minimum Gasteiger partial charge on any atom is -0.382 e. The van der Waals surface area contributed by atoms with Crippen LogP contribution in [0.25, 0.3) is 10.2 Å². The summed E-state index contributed by atoms with van der Waals surface area (Å²) >= 11 is 1.42. The summed E-state index contributed by atoms with van der Waals surface area (Å²) in [6, 6.07) is 4.82. The summed E-state index contributed by atoms with van der Waals surface area (Å²) in [5.74, 6) is 0. The molecule has 0 saturated carbocycles. The van der Waals surface area contributed by atoms with Crippen molar-refractivity contribution in [1.29, 1.82) is 0 Å². The Morgan fingerprint density at radius 1 is 1.27 bits per heavy atom. The van der Waals surface area contributed by atoms with Crippen LogP contribution < -0.4 is 10.6 Å². The Bertz CT molecular complexity index is 676. The lowest BCUT2D eigenvalue weighted by atomic mass is 10.1. The third-order valence-electron chi connectivity index (χ3n) is 3.73. The maximum absolute atomic E-state index is 10.7. The van der Waals surface area contributed by atoms with Crippen molar-refractivity contribution in [2.75, 3.05) is 12.4 Å². The summed E-state index contributed by atoms with van der Waals surface area (Å²) in [7, 11) is 1.79. The predicted molar refractivity (Wildman–Crippen MR) is 115 cm³/mol. The number of fused-ring (bicyclic) bond motifs is 1. The third kappa shape index (κ3) is 7.52. The molecule has 0 unspecified atom stereocenters. The summed E-state index contributed by atoms with van der Waals surface area (Å²) in [5.41, 5.74) is 1.04. The number of rotatable bonds is 9. The van der Waals surface area contributed by atoms with Gasteiger partial charge in [-0.3, -0.25) is 9.79 Å². The molecular weight excluding hydrogens is 344 g/mol. The van der Waals surface area contributed by atoms with Crippen LogP contribution in [0.2, 0.25) is 0 Å². The van der Waals surface area contributed by atoms with Gasteiger partial charge < -0.3 is 10.6 Å². The van der Waals surface area contributed by atoms with E-state index >= 15 is 0 Å². The Hall–Kier alpha value is -1.95. The molecule has 0 amide bonds. The number of aromatic nitrogens is 1. The van der Waals surface area contributed by atoms with Crippen LogP contribution in [0.15, 0.2) is 23.3 Å². The Balaban J connectivity index is 0.000000276. The van der Waals surface area contributed by atoms with Gasteiger partial charge in [-0.1, -0.05) is 26.7 Å². The number of hydrogen-bond acceptors (Lipinski definition) is 5. The van der Waals surface area contributed by atoms with Crippen LogP contribution in [0.3, 0.4) is 0 Å². The van der Waals surface area contributed by atoms with E-state index in [1.165, 1.54) is 37.0 Å². The second-order valence-corrected chi connectivity index (χ2v) is 7.53. The van der Waals surface area contributed by atoms with E-state index in [-0.39, 0.29) is 0 Å². The highest BCUT2D eigenvalue weighted by molar-refractivity contribution is 7.20. The minimum atomic E-state index is 0.371. The normalized spacial score (nSPS) is 11.0. The largest absolute Gasteiger partial charge is 0.382 e. The van der Waals surface area contributed by atoms with Gasteiger partial charge in [-0.15, -0.1) is 11.3 Å². The Morgan fingerprint density at radius 2 is 1.96 bits per heavy atom. The number of aliphatic imine (C=N–C) groups is 1. The number of carbonyl (C=O) groups excluding carboxylic acids is 1. The van der Waals surface area contributed by atoms with Crippen molar-refractivity contribution in [1.82, 2.24) is 10.3 Å². The standard InChI is InChI=1S/C11H12N2OS.C9H20N2/c1-7(2)13-10-3-4-12-11-9(10)5-8(6-14)15-11;1-4-6-9(7-5-2)11-8-10-3/h3-7H,1-2H3,(H,12,13);8-9H,4-7H2,1-3H3,(H,10,11). The van der Waals surface area contributed by atoms with Gasteiger partial charge in [0.1, 0.15) is 4.83 Å². The van der Waals surface area contributed by atoms with Crippen LogP contribution in [0.5, 0.6) is 0 Å². The van der Waals surface area contributed by atoms with E-state index in [1.54, 1.807) is 19.6 Å². The van der Waals surface area contributed by atoms with E-state index in [4.69, 9.17) is 0 Å². The zero-order valence-corrected chi connectivity index (χ0v) is 17.4. The van der Waals surface area contributed by atoms with Crippen molar-refractivity contribution in [3.63, 3.8) is 0 Å². The topological polar surface area (TPSA) is 66.4 Å². The molecule has 2 aromatic rings. The van der Waals surface area contributed by atoms with Crippen molar-refractivity contribution in [3.8, 4) is 0 Å². The van der Waals surface area contributed by atoms with Gasteiger partial charge >= 0.3 is 0 Å². The second-order valence-electron chi connectivity index (χ2n) is 6.47. The number of anilines is 1. The lowest BCUT2D eigenvalue weighted by molar-refractivity contribution is 0.112. The molecule has 0 radical (unpaired) electrons. The Kier molecular flexibility index (Phi) is 10.5. The SMILES string of the molecule is CC(C)Nc1ccnc2sc(C=O)cc12.CCCC(CCC)NC=NC. The van der Waals surface area contributed by atoms with E-state index in [2.05, 4.69) is 48.3 Å². The molecule has 6 heteroatoms. The lowest BCUT2D eigenvalue weighted by Gasteiger charge is -2.14. The van der Waals surface area contributed by atoms with Gasteiger partial charge in [0.15, 0.2) is 6.29 Å². The quantitative estimate of drug-likeness (QED) is 0.362. The van der Waals surface area contributed by atoms with Crippen molar-refractivity contribution in [2.24, 2.45) is 4.99 Å². The molecule has 2 rings (SSSR count). The molecule has 0 saturated heterocycles. The van der Waals surface area contributed by atoms with E-state index in [0.717, 1.165) is 27.1 Å². The molecular formula is C20H32N4OS. The molecule has 0 aromatic carbocycles. The number of nitrogens with one attached hydrogen (secondary N) is 2. The van der Waals surface area contributed by atoms with Crippen LogP contribution >= 0.6 is 11.3 Å². The van der Waals surface area contributed by atoms with Gasteiger partial charge in [0.2, 0.25) is 0 Å². The third-order valence-corrected chi connectivity index (χ3v) is 4.70. The molecule has 0 fully saturated rings. The number of carbonyl (C=O) groups is 1. The first-order valence-electron chi connectivity index (χ1n) is 9.32. The first kappa shape index (κ1) is 22.1. The van der Waals surface area contributed by atoms with Gasteiger partial charge in [-0.25, -0.2) is 4.98 Å². The lowest BCUT2D eigenvalue weighted by Crippen LogP contribution is -2.27. The maximum Gasteiger partial charge on any atom is 0.160 e. The van der Waals surface area contributed by atoms with E-state index in [9.17, 15) is 4.79 Å². The predicted octanol–water partition coefficient (Wildman–Crippen LogP) is 5.13. The van der Waals surface area contributed by atoms with Gasteiger partial charge in [0.05, 0.1) is 11.2 Å². The van der Waals surface area contributed by atoms with Gasteiger partial charge in [-0.2, -0.15) is 0 Å². The number of thiophene rings is 1. The van der Waals surface area contributed by atoms with Gasteiger partial charge in [0, 0.05) is 36.4 Å². The smallest absolute Gasteiger partial charge is 0.160 e. The molecule has 2 aromatic heterocycles. The average Bonchev–Trinajstić information content (AvgIpc) is 3.05.